The topological polar surface area (TPSA) is 86.0 Å². The second kappa shape index (κ2) is 13.7. The van der Waals surface area contributed by atoms with Crippen LogP contribution in [-0.2, 0) is 11.5 Å². The number of amides is 1. The summed E-state index contributed by atoms with van der Waals surface area (Å²) in [6.45, 7) is 2.71. The minimum absolute atomic E-state index is 0.317. The zero-order valence-corrected chi connectivity index (χ0v) is 23.8. The molecule has 0 atom stereocenters. The van der Waals surface area contributed by atoms with E-state index < -0.39 is 0 Å². The van der Waals surface area contributed by atoms with Gasteiger partial charge in [0.25, 0.3) is 5.91 Å². The van der Waals surface area contributed by atoms with Crippen LogP contribution in [0.4, 0.5) is 0 Å². The first kappa shape index (κ1) is 28.0. The van der Waals surface area contributed by atoms with E-state index in [1.165, 1.54) is 0 Å². The van der Waals surface area contributed by atoms with E-state index in [9.17, 15) is 4.79 Å². The van der Waals surface area contributed by atoms with E-state index >= 15 is 0 Å². The third kappa shape index (κ3) is 7.15. The number of fused-ring (bicyclic) bond motifs is 1. The van der Waals surface area contributed by atoms with Gasteiger partial charge in [0.2, 0.25) is 0 Å². The number of furan rings is 1. The van der Waals surface area contributed by atoms with Crippen LogP contribution in [0.2, 0.25) is 0 Å². The summed E-state index contributed by atoms with van der Waals surface area (Å²) in [5.74, 6) is 3.70. The standard InChI is InChI=1S/C33H31N3O4S/c1-3-15-39-26-9-6-8-24(18-26)31-19-29(28-11-4-5-12-30(28)35-31)33(37)36-34-20-23-13-14-32(38-2)25(17-23)21-41-22-27-10-7-16-40-27/h4-14,16-20H,3,15,21-22H2,1-2H3,(H,36,37). The molecule has 208 valence electrons. The molecule has 0 aliphatic heterocycles. The number of carbonyl (C=O) groups excluding carboxylic acids is 1. The Labute approximate surface area is 243 Å². The Balaban J connectivity index is 1.33. The molecule has 8 heteroatoms. The normalized spacial score (nSPS) is 11.2. The first-order chi connectivity index (χ1) is 20.1. The molecule has 1 amide bonds. The number of methoxy groups -OCH3 is 1. The lowest BCUT2D eigenvalue weighted by Crippen LogP contribution is -2.18. The fourth-order valence-electron chi connectivity index (χ4n) is 4.35. The summed E-state index contributed by atoms with van der Waals surface area (Å²) in [5.41, 5.74) is 7.36. The maximum Gasteiger partial charge on any atom is 0.272 e. The first-order valence-electron chi connectivity index (χ1n) is 13.4. The number of nitrogens with one attached hydrogen (secondary N) is 1. The van der Waals surface area contributed by atoms with E-state index in [1.807, 2.05) is 78.9 Å². The summed E-state index contributed by atoms with van der Waals surface area (Å²) in [5, 5.41) is 5.02. The Morgan fingerprint density at radius 3 is 2.76 bits per heavy atom. The molecule has 0 spiro atoms. The van der Waals surface area contributed by atoms with Crippen molar-refractivity contribution in [2.45, 2.75) is 24.9 Å². The predicted octanol–water partition coefficient (Wildman–Crippen LogP) is 7.49. The minimum Gasteiger partial charge on any atom is -0.496 e. The van der Waals surface area contributed by atoms with E-state index in [2.05, 4.69) is 17.5 Å². The SMILES string of the molecule is CCCOc1cccc(-c2cc(C(=O)NN=Cc3ccc(OC)c(CSCc4ccco4)c3)c3ccccc3n2)c1. The summed E-state index contributed by atoms with van der Waals surface area (Å²) in [6.07, 6.45) is 4.24. The molecule has 0 aliphatic rings. The van der Waals surface area contributed by atoms with Crippen molar-refractivity contribution in [2.75, 3.05) is 13.7 Å². The number of rotatable bonds is 12. The van der Waals surface area contributed by atoms with Gasteiger partial charge in [-0.2, -0.15) is 5.10 Å². The lowest BCUT2D eigenvalue weighted by Gasteiger charge is -2.11. The molecule has 5 rings (SSSR count). The van der Waals surface area contributed by atoms with Crippen molar-refractivity contribution < 1.29 is 18.7 Å². The Bertz CT molecular complexity index is 1650. The smallest absolute Gasteiger partial charge is 0.272 e. The van der Waals surface area contributed by atoms with Crippen molar-refractivity contribution >= 4 is 34.8 Å². The molecule has 0 unspecified atom stereocenters. The number of hydrogen-bond donors (Lipinski definition) is 1. The summed E-state index contributed by atoms with van der Waals surface area (Å²) in [4.78, 5) is 18.2. The van der Waals surface area contributed by atoms with Crippen LogP contribution >= 0.6 is 11.8 Å². The van der Waals surface area contributed by atoms with Crippen LogP contribution in [0.5, 0.6) is 11.5 Å². The van der Waals surface area contributed by atoms with Crippen LogP contribution in [0.1, 0.15) is 40.6 Å². The molecular weight excluding hydrogens is 534 g/mol. The number of hydrogen-bond acceptors (Lipinski definition) is 7. The van der Waals surface area contributed by atoms with Gasteiger partial charge >= 0.3 is 0 Å². The Hall–Kier alpha value is -4.56. The number of ether oxygens (including phenoxy) is 2. The zero-order valence-electron chi connectivity index (χ0n) is 23.0. The number of pyridine rings is 1. The lowest BCUT2D eigenvalue weighted by atomic mass is 10.0. The second-order valence-corrected chi connectivity index (χ2v) is 10.3. The van der Waals surface area contributed by atoms with Gasteiger partial charge in [-0.1, -0.05) is 37.3 Å². The highest BCUT2D eigenvalue weighted by Gasteiger charge is 2.14. The molecule has 0 saturated heterocycles. The van der Waals surface area contributed by atoms with Gasteiger partial charge < -0.3 is 13.9 Å². The molecule has 0 bridgehead atoms. The fraction of sp³-hybridized carbons (Fsp3) is 0.182. The van der Waals surface area contributed by atoms with Gasteiger partial charge in [0, 0.05) is 22.3 Å². The van der Waals surface area contributed by atoms with Crippen molar-refractivity contribution in [1.29, 1.82) is 0 Å². The number of carbonyl (C=O) groups is 1. The molecule has 0 aliphatic carbocycles. The van der Waals surface area contributed by atoms with Crippen LogP contribution in [0, 0.1) is 0 Å². The summed E-state index contributed by atoms with van der Waals surface area (Å²) >= 11 is 1.73. The fourth-order valence-corrected chi connectivity index (χ4v) is 5.26. The molecule has 0 saturated carbocycles. The highest BCUT2D eigenvalue weighted by molar-refractivity contribution is 7.97. The number of hydrazone groups is 1. The molecule has 0 fully saturated rings. The highest BCUT2D eigenvalue weighted by Crippen LogP contribution is 2.28. The number of aromatic nitrogens is 1. The molecular formula is C33H31N3O4S. The number of para-hydroxylation sites is 1. The molecule has 5 aromatic rings. The Morgan fingerprint density at radius 1 is 1.02 bits per heavy atom. The summed E-state index contributed by atoms with van der Waals surface area (Å²) in [6, 6.07) is 26.8. The molecule has 2 heterocycles. The average Bonchev–Trinajstić information content (AvgIpc) is 3.53. The van der Waals surface area contributed by atoms with Gasteiger partial charge in [0.05, 0.1) is 48.7 Å². The molecule has 0 radical (unpaired) electrons. The van der Waals surface area contributed by atoms with E-state index in [0.29, 0.717) is 17.9 Å². The van der Waals surface area contributed by atoms with Gasteiger partial charge in [-0.15, -0.1) is 11.8 Å². The van der Waals surface area contributed by atoms with Gasteiger partial charge in [0.15, 0.2) is 0 Å². The van der Waals surface area contributed by atoms with Gasteiger partial charge in [-0.3, -0.25) is 4.79 Å². The predicted molar refractivity (Wildman–Crippen MR) is 165 cm³/mol. The summed E-state index contributed by atoms with van der Waals surface area (Å²) in [7, 11) is 1.66. The van der Waals surface area contributed by atoms with E-state index in [1.54, 1.807) is 37.4 Å². The monoisotopic (exact) mass is 565 g/mol. The van der Waals surface area contributed by atoms with Gasteiger partial charge in [-0.25, -0.2) is 10.4 Å². The van der Waals surface area contributed by atoms with Gasteiger partial charge in [0.1, 0.15) is 17.3 Å². The summed E-state index contributed by atoms with van der Waals surface area (Å²) < 4.78 is 16.8. The van der Waals surface area contributed by atoms with Crippen molar-refractivity contribution in [2.24, 2.45) is 5.10 Å². The Kier molecular flexibility index (Phi) is 9.34. The molecule has 2 aromatic heterocycles. The molecule has 1 N–H and O–H groups in total. The van der Waals surface area contributed by atoms with Crippen LogP contribution < -0.4 is 14.9 Å². The number of nitrogens with zero attached hydrogens (tertiary/aromatic N) is 2. The zero-order chi connectivity index (χ0) is 28.4. The van der Waals surface area contributed by atoms with E-state index in [-0.39, 0.29) is 5.91 Å². The number of thioether (sulfide) groups is 1. The third-order valence-corrected chi connectivity index (χ3v) is 7.33. The van der Waals surface area contributed by atoms with Crippen molar-refractivity contribution in [3.05, 3.63) is 114 Å². The minimum atomic E-state index is -0.317. The maximum absolute atomic E-state index is 13.4. The van der Waals surface area contributed by atoms with Crippen LogP contribution in [0.15, 0.2) is 101 Å². The Morgan fingerprint density at radius 2 is 1.93 bits per heavy atom. The largest absolute Gasteiger partial charge is 0.496 e. The molecule has 41 heavy (non-hydrogen) atoms. The molecule has 3 aromatic carbocycles. The van der Waals surface area contributed by atoms with Crippen molar-refractivity contribution in [1.82, 2.24) is 10.4 Å². The van der Waals surface area contributed by atoms with E-state index in [0.717, 1.165) is 62.8 Å². The average molecular weight is 566 g/mol. The second-order valence-electron chi connectivity index (χ2n) is 9.29. The van der Waals surface area contributed by atoms with Crippen LogP contribution in [0.3, 0.4) is 0 Å². The lowest BCUT2D eigenvalue weighted by molar-refractivity contribution is 0.0956. The quantitative estimate of drug-likeness (QED) is 0.125. The first-order valence-corrected chi connectivity index (χ1v) is 14.5. The van der Waals surface area contributed by atoms with Crippen molar-refractivity contribution in [3.63, 3.8) is 0 Å². The molecule has 7 nitrogen and oxygen atoms in total. The third-order valence-electron chi connectivity index (χ3n) is 6.33. The van der Waals surface area contributed by atoms with E-state index in [4.69, 9.17) is 18.9 Å². The highest BCUT2D eigenvalue weighted by atomic mass is 32.2. The number of benzene rings is 3. The van der Waals surface area contributed by atoms with Crippen LogP contribution in [-0.4, -0.2) is 30.8 Å². The van der Waals surface area contributed by atoms with Crippen molar-refractivity contribution in [3.8, 4) is 22.8 Å². The maximum atomic E-state index is 13.4. The van der Waals surface area contributed by atoms with Gasteiger partial charge in [-0.05, 0) is 66.6 Å². The van der Waals surface area contributed by atoms with Crippen LogP contribution in [0.25, 0.3) is 22.2 Å².